The smallest absolute Gasteiger partial charge is 0.0579 e. The maximum atomic E-state index is 6.14. The van der Waals surface area contributed by atoms with Crippen molar-refractivity contribution in [3.63, 3.8) is 0 Å². The minimum atomic E-state index is 0.172. The lowest BCUT2D eigenvalue weighted by Crippen LogP contribution is -2.23. The van der Waals surface area contributed by atoms with Crippen molar-refractivity contribution < 1.29 is 0 Å². The molecule has 2 aromatic carbocycles. The Labute approximate surface area is 134 Å². The average Bonchev–Trinajstić information content (AvgIpc) is 2.40. The minimum absolute atomic E-state index is 0.172. The summed E-state index contributed by atoms with van der Waals surface area (Å²) in [5.41, 5.74) is 5.02. The summed E-state index contributed by atoms with van der Waals surface area (Å²) in [5.74, 6) is 0. The van der Waals surface area contributed by atoms with Gasteiger partial charge in [0.25, 0.3) is 0 Å². The Bertz CT molecular complexity index is 610. The zero-order valence-corrected chi connectivity index (χ0v) is 14.3. The first-order valence-electron chi connectivity index (χ1n) is 6.78. The molecule has 0 fully saturated rings. The largest absolute Gasteiger partial charge is 0.307 e. The highest BCUT2D eigenvalue weighted by molar-refractivity contribution is 9.10. The molecule has 2 aromatic rings. The van der Waals surface area contributed by atoms with Gasteiger partial charge in [0.2, 0.25) is 0 Å². The maximum Gasteiger partial charge on any atom is 0.0579 e. The van der Waals surface area contributed by atoms with Gasteiger partial charge in [-0.1, -0.05) is 52.7 Å². The Morgan fingerprint density at radius 2 is 1.90 bits per heavy atom. The Morgan fingerprint density at radius 3 is 2.55 bits per heavy atom. The van der Waals surface area contributed by atoms with Gasteiger partial charge >= 0.3 is 0 Å². The molecule has 0 saturated carbocycles. The van der Waals surface area contributed by atoms with Crippen molar-refractivity contribution in [2.24, 2.45) is 0 Å². The summed E-state index contributed by atoms with van der Waals surface area (Å²) in [7, 11) is 0. The molecule has 1 atom stereocenters. The Morgan fingerprint density at radius 1 is 1.15 bits per heavy atom. The first-order valence-corrected chi connectivity index (χ1v) is 7.95. The summed E-state index contributed by atoms with van der Waals surface area (Å²) in [6.45, 7) is 7.30. The number of nitrogens with one attached hydrogen (secondary N) is 1. The summed E-state index contributed by atoms with van der Waals surface area (Å²) in [4.78, 5) is 0. The van der Waals surface area contributed by atoms with E-state index in [9.17, 15) is 0 Å². The Balaban J connectivity index is 2.51. The van der Waals surface area contributed by atoms with E-state index in [2.05, 4.69) is 60.2 Å². The molecule has 0 saturated heterocycles. The van der Waals surface area contributed by atoms with Crippen LogP contribution in [0.25, 0.3) is 0 Å². The molecule has 106 valence electrons. The van der Waals surface area contributed by atoms with Crippen LogP contribution in [0.2, 0.25) is 5.02 Å². The Hall–Kier alpha value is -0.830. The average molecular weight is 353 g/mol. The van der Waals surface area contributed by atoms with Crippen molar-refractivity contribution in [1.82, 2.24) is 5.32 Å². The van der Waals surface area contributed by atoms with Crippen LogP contribution in [0.15, 0.2) is 40.9 Å². The maximum absolute atomic E-state index is 6.14. The standard InChI is InChI=1S/C17H19BrClN/c1-4-20-17(13-6-5-7-14(19)10-13)15-8-12(3)16(18)9-11(15)2/h5-10,17,20H,4H2,1-3H3. The predicted octanol–water partition coefficient (Wildman–Crippen LogP) is 5.42. The summed E-state index contributed by atoms with van der Waals surface area (Å²) in [6, 6.07) is 12.7. The summed E-state index contributed by atoms with van der Waals surface area (Å²) < 4.78 is 1.15. The molecule has 3 heteroatoms. The highest BCUT2D eigenvalue weighted by Gasteiger charge is 2.16. The molecule has 1 N–H and O–H groups in total. The molecule has 0 aromatic heterocycles. The quantitative estimate of drug-likeness (QED) is 0.775. The summed E-state index contributed by atoms with van der Waals surface area (Å²) in [5, 5.41) is 4.33. The Kier molecular flexibility index (Phi) is 5.25. The van der Waals surface area contributed by atoms with Crippen LogP contribution in [0.1, 0.15) is 35.2 Å². The molecule has 0 aliphatic heterocycles. The first-order chi connectivity index (χ1) is 9.52. The van der Waals surface area contributed by atoms with Gasteiger partial charge in [0, 0.05) is 9.50 Å². The van der Waals surface area contributed by atoms with E-state index in [4.69, 9.17) is 11.6 Å². The monoisotopic (exact) mass is 351 g/mol. The molecule has 0 amide bonds. The summed E-state index contributed by atoms with van der Waals surface area (Å²) in [6.07, 6.45) is 0. The molecule has 20 heavy (non-hydrogen) atoms. The third kappa shape index (κ3) is 3.43. The lowest BCUT2D eigenvalue weighted by Gasteiger charge is -2.22. The zero-order chi connectivity index (χ0) is 14.7. The van der Waals surface area contributed by atoms with Gasteiger partial charge < -0.3 is 5.32 Å². The van der Waals surface area contributed by atoms with Crippen LogP contribution >= 0.6 is 27.5 Å². The van der Waals surface area contributed by atoms with Gasteiger partial charge in [-0.3, -0.25) is 0 Å². The molecule has 0 aliphatic rings. The number of hydrogen-bond donors (Lipinski definition) is 1. The summed E-state index contributed by atoms with van der Waals surface area (Å²) >= 11 is 9.73. The van der Waals surface area contributed by atoms with Gasteiger partial charge in [-0.25, -0.2) is 0 Å². The van der Waals surface area contributed by atoms with Crippen LogP contribution in [0.3, 0.4) is 0 Å². The molecule has 1 nitrogen and oxygen atoms in total. The molecule has 1 unspecified atom stereocenters. The van der Waals surface area contributed by atoms with Crippen LogP contribution in [0.4, 0.5) is 0 Å². The number of benzene rings is 2. The van der Waals surface area contributed by atoms with Crippen LogP contribution in [-0.4, -0.2) is 6.54 Å². The molecular weight excluding hydrogens is 334 g/mol. The van der Waals surface area contributed by atoms with Crippen molar-refractivity contribution in [3.05, 3.63) is 68.1 Å². The van der Waals surface area contributed by atoms with Crippen molar-refractivity contribution in [2.75, 3.05) is 6.54 Å². The normalized spacial score (nSPS) is 12.4. The lowest BCUT2D eigenvalue weighted by molar-refractivity contribution is 0.627. The van der Waals surface area contributed by atoms with Crippen LogP contribution in [0.5, 0.6) is 0 Å². The van der Waals surface area contributed by atoms with Gasteiger partial charge in [0.15, 0.2) is 0 Å². The number of hydrogen-bond acceptors (Lipinski definition) is 1. The van der Waals surface area contributed by atoms with Crippen LogP contribution in [-0.2, 0) is 0 Å². The van der Waals surface area contributed by atoms with E-state index in [-0.39, 0.29) is 6.04 Å². The highest BCUT2D eigenvalue weighted by Crippen LogP contribution is 2.30. The second kappa shape index (κ2) is 6.75. The third-order valence-corrected chi connectivity index (χ3v) is 4.54. The molecule has 0 spiro atoms. The fourth-order valence-corrected chi connectivity index (χ4v) is 3.07. The van der Waals surface area contributed by atoms with Gasteiger partial charge in [-0.15, -0.1) is 0 Å². The molecular formula is C17H19BrClN. The van der Waals surface area contributed by atoms with E-state index < -0.39 is 0 Å². The van der Waals surface area contributed by atoms with Gasteiger partial charge in [-0.2, -0.15) is 0 Å². The van der Waals surface area contributed by atoms with Crippen molar-refractivity contribution in [2.45, 2.75) is 26.8 Å². The van der Waals surface area contributed by atoms with Gasteiger partial charge in [-0.05, 0) is 60.8 Å². The fraction of sp³-hybridized carbons (Fsp3) is 0.294. The minimum Gasteiger partial charge on any atom is -0.307 e. The van der Waals surface area contributed by atoms with E-state index in [1.807, 2.05) is 18.2 Å². The van der Waals surface area contributed by atoms with Gasteiger partial charge in [0.05, 0.1) is 6.04 Å². The van der Waals surface area contributed by atoms with Crippen LogP contribution in [0, 0.1) is 13.8 Å². The van der Waals surface area contributed by atoms with Crippen molar-refractivity contribution >= 4 is 27.5 Å². The van der Waals surface area contributed by atoms with Gasteiger partial charge in [0.1, 0.15) is 0 Å². The van der Waals surface area contributed by atoms with E-state index in [1.165, 1.54) is 22.3 Å². The topological polar surface area (TPSA) is 12.0 Å². The molecule has 0 aliphatic carbocycles. The second-order valence-electron chi connectivity index (χ2n) is 5.00. The van der Waals surface area contributed by atoms with E-state index >= 15 is 0 Å². The first kappa shape index (κ1) is 15.6. The number of rotatable bonds is 4. The third-order valence-electron chi connectivity index (χ3n) is 3.45. The molecule has 0 heterocycles. The van der Waals surface area contributed by atoms with Crippen LogP contribution < -0.4 is 5.32 Å². The van der Waals surface area contributed by atoms with Crippen molar-refractivity contribution in [3.8, 4) is 0 Å². The fourth-order valence-electron chi connectivity index (χ4n) is 2.41. The number of aryl methyl sites for hydroxylation is 2. The number of halogens is 2. The molecule has 0 bridgehead atoms. The van der Waals surface area contributed by atoms with E-state index in [0.29, 0.717) is 0 Å². The zero-order valence-electron chi connectivity index (χ0n) is 12.0. The van der Waals surface area contributed by atoms with Crippen molar-refractivity contribution in [1.29, 1.82) is 0 Å². The second-order valence-corrected chi connectivity index (χ2v) is 6.29. The molecule has 0 radical (unpaired) electrons. The lowest BCUT2D eigenvalue weighted by atomic mass is 9.93. The predicted molar refractivity (Wildman–Crippen MR) is 90.6 cm³/mol. The van der Waals surface area contributed by atoms with E-state index in [1.54, 1.807) is 0 Å². The SMILES string of the molecule is CCNC(c1cccc(Cl)c1)c1cc(C)c(Br)cc1C. The van der Waals surface area contributed by atoms with E-state index in [0.717, 1.165) is 16.0 Å². The molecule has 2 rings (SSSR count). The highest BCUT2D eigenvalue weighted by atomic mass is 79.9.